The van der Waals surface area contributed by atoms with Crippen LogP contribution in [-0.4, -0.2) is 31.2 Å². The molecule has 2 rings (SSSR count). The number of hydrogen-bond donors (Lipinski definition) is 0. The van der Waals surface area contributed by atoms with E-state index in [2.05, 4.69) is 6.92 Å². The first-order chi connectivity index (χ1) is 5.12. The highest BCUT2D eigenvalue weighted by molar-refractivity contribution is 4.87. The van der Waals surface area contributed by atoms with Gasteiger partial charge in [0.2, 0.25) is 0 Å². The minimum Gasteiger partial charge on any atom is -0.370 e. The second-order valence-electron chi connectivity index (χ2n) is 3.76. The molecule has 64 valence electrons. The van der Waals surface area contributed by atoms with Gasteiger partial charge in [-0.05, 0) is 13.8 Å². The van der Waals surface area contributed by atoms with Gasteiger partial charge >= 0.3 is 0 Å². The highest BCUT2D eigenvalue weighted by Crippen LogP contribution is 2.32. The van der Waals surface area contributed by atoms with Crippen LogP contribution in [-0.2, 0) is 14.2 Å². The zero-order valence-electron chi connectivity index (χ0n) is 7.05. The normalized spacial score (nSPS) is 47.5. The number of ether oxygens (including phenoxy) is 3. The molecule has 0 aromatic rings. The van der Waals surface area contributed by atoms with Crippen LogP contribution in [0, 0.1) is 0 Å². The Morgan fingerprint density at radius 1 is 1.27 bits per heavy atom. The van der Waals surface area contributed by atoms with Crippen molar-refractivity contribution in [2.24, 2.45) is 0 Å². The van der Waals surface area contributed by atoms with E-state index in [1.165, 1.54) is 0 Å². The van der Waals surface area contributed by atoms with E-state index in [1.807, 2.05) is 6.92 Å². The van der Waals surface area contributed by atoms with Gasteiger partial charge in [-0.15, -0.1) is 0 Å². The summed E-state index contributed by atoms with van der Waals surface area (Å²) in [6, 6.07) is 0. The Hall–Kier alpha value is -0.120. The molecule has 0 radical (unpaired) electrons. The predicted molar refractivity (Wildman–Crippen MR) is 39.3 cm³/mol. The molecule has 11 heavy (non-hydrogen) atoms. The monoisotopic (exact) mass is 158 g/mol. The Balaban J connectivity index is 1.60. The maximum absolute atomic E-state index is 5.45. The van der Waals surface area contributed by atoms with E-state index < -0.39 is 0 Å². The third-order valence-electron chi connectivity index (χ3n) is 2.23. The summed E-state index contributed by atoms with van der Waals surface area (Å²) in [4.78, 5) is 0. The van der Waals surface area contributed by atoms with Crippen LogP contribution in [0.3, 0.4) is 0 Å². The van der Waals surface area contributed by atoms with Crippen LogP contribution in [0.25, 0.3) is 0 Å². The molecule has 2 unspecified atom stereocenters. The lowest BCUT2D eigenvalue weighted by atomic mass is 10.1. The smallest absolute Gasteiger partial charge is 0.189 e. The van der Waals surface area contributed by atoms with Crippen molar-refractivity contribution in [2.75, 3.05) is 19.8 Å². The van der Waals surface area contributed by atoms with E-state index in [1.54, 1.807) is 0 Å². The second kappa shape index (κ2) is 2.19. The molecule has 0 aliphatic carbocycles. The van der Waals surface area contributed by atoms with Gasteiger partial charge in [-0.2, -0.15) is 0 Å². The van der Waals surface area contributed by atoms with Gasteiger partial charge in [0.25, 0.3) is 0 Å². The highest BCUT2D eigenvalue weighted by Gasteiger charge is 2.43. The summed E-state index contributed by atoms with van der Waals surface area (Å²) >= 11 is 0. The Morgan fingerprint density at radius 3 is 2.36 bits per heavy atom. The summed E-state index contributed by atoms with van der Waals surface area (Å²) in [6.45, 7) is 6.43. The van der Waals surface area contributed by atoms with Gasteiger partial charge in [0.15, 0.2) is 5.79 Å². The number of rotatable bonds is 4. The van der Waals surface area contributed by atoms with Crippen molar-refractivity contribution >= 4 is 0 Å². The van der Waals surface area contributed by atoms with Crippen LogP contribution >= 0.6 is 0 Å². The van der Waals surface area contributed by atoms with E-state index >= 15 is 0 Å². The van der Waals surface area contributed by atoms with E-state index in [0.29, 0.717) is 0 Å². The number of epoxide rings is 2. The van der Waals surface area contributed by atoms with Crippen LogP contribution in [0.15, 0.2) is 0 Å². The summed E-state index contributed by atoms with van der Waals surface area (Å²) in [7, 11) is 0. The van der Waals surface area contributed by atoms with Crippen molar-refractivity contribution in [2.45, 2.75) is 31.7 Å². The lowest BCUT2D eigenvalue weighted by molar-refractivity contribution is -0.0353. The number of hydrogen-bond acceptors (Lipinski definition) is 3. The van der Waals surface area contributed by atoms with Gasteiger partial charge < -0.3 is 14.2 Å². The molecule has 0 aromatic carbocycles. The molecule has 0 bridgehead atoms. The molecule has 3 nitrogen and oxygen atoms in total. The van der Waals surface area contributed by atoms with Gasteiger partial charge in [0.05, 0.1) is 18.8 Å². The molecule has 0 spiro atoms. The maximum Gasteiger partial charge on any atom is 0.189 e. The SMILES string of the molecule is CC1(CCOC2(C)CO2)CO1. The topological polar surface area (TPSA) is 34.3 Å². The van der Waals surface area contributed by atoms with E-state index in [4.69, 9.17) is 14.2 Å². The molecule has 2 aliphatic heterocycles. The Kier molecular flexibility index (Phi) is 1.50. The molecule has 2 heterocycles. The largest absolute Gasteiger partial charge is 0.370 e. The second-order valence-corrected chi connectivity index (χ2v) is 3.76. The molecule has 0 aromatic heterocycles. The van der Waals surface area contributed by atoms with E-state index in [0.717, 1.165) is 26.2 Å². The van der Waals surface area contributed by atoms with Gasteiger partial charge in [-0.3, -0.25) is 0 Å². The lowest BCUT2D eigenvalue weighted by Crippen LogP contribution is -2.16. The molecular formula is C8H14O3. The van der Waals surface area contributed by atoms with Crippen molar-refractivity contribution in [1.29, 1.82) is 0 Å². The Bertz CT molecular complexity index is 141. The van der Waals surface area contributed by atoms with Crippen molar-refractivity contribution < 1.29 is 14.2 Å². The van der Waals surface area contributed by atoms with Crippen LogP contribution in [0.5, 0.6) is 0 Å². The zero-order chi connectivity index (χ0) is 7.95. The van der Waals surface area contributed by atoms with Gasteiger partial charge in [0, 0.05) is 6.42 Å². The quantitative estimate of drug-likeness (QED) is 0.571. The first-order valence-electron chi connectivity index (χ1n) is 4.04. The maximum atomic E-state index is 5.45. The highest BCUT2D eigenvalue weighted by atomic mass is 16.8. The van der Waals surface area contributed by atoms with Gasteiger partial charge in [-0.25, -0.2) is 0 Å². The molecule has 2 aliphatic rings. The molecule has 2 atom stereocenters. The van der Waals surface area contributed by atoms with Crippen LogP contribution in [0.1, 0.15) is 20.3 Å². The summed E-state index contributed by atoms with van der Waals surface area (Å²) < 4.78 is 15.7. The molecule has 3 heteroatoms. The van der Waals surface area contributed by atoms with Gasteiger partial charge in [-0.1, -0.05) is 0 Å². The summed E-state index contributed by atoms with van der Waals surface area (Å²) in [5.41, 5.74) is 0.116. The van der Waals surface area contributed by atoms with Crippen molar-refractivity contribution in [3.05, 3.63) is 0 Å². The third kappa shape index (κ3) is 1.92. The minimum atomic E-state index is -0.259. The standard InChI is InChI=1S/C8H14O3/c1-7(5-10-7)3-4-9-8(2)6-11-8/h3-6H2,1-2H3. The van der Waals surface area contributed by atoms with Crippen LogP contribution in [0.4, 0.5) is 0 Å². The molecule has 2 fully saturated rings. The predicted octanol–water partition coefficient (Wildman–Crippen LogP) is 0.928. The van der Waals surface area contributed by atoms with Crippen molar-refractivity contribution in [3.8, 4) is 0 Å². The zero-order valence-corrected chi connectivity index (χ0v) is 7.05. The van der Waals surface area contributed by atoms with E-state index in [9.17, 15) is 0 Å². The average Bonchev–Trinajstić information content (AvgIpc) is 2.78. The van der Waals surface area contributed by atoms with Crippen LogP contribution < -0.4 is 0 Å². The van der Waals surface area contributed by atoms with E-state index in [-0.39, 0.29) is 11.4 Å². The van der Waals surface area contributed by atoms with Crippen LogP contribution in [0.2, 0.25) is 0 Å². The molecule has 0 saturated carbocycles. The fourth-order valence-electron chi connectivity index (χ4n) is 0.935. The summed E-state index contributed by atoms with van der Waals surface area (Å²) in [6.07, 6.45) is 0.978. The molecule has 2 saturated heterocycles. The Labute approximate surface area is 66.6 Å². The first kappa shape index (κ1) is 7.53. The lowest BCUT2D eigenvalue weighted by Gasteiger charge is -2.08. The summed E-state index contributed by atoms with van der Waals surface area (Å²) in [5.74, 6) is -0.259. The fourth-order valence-corrected chi connectivity index (χ4v) is 0.935. The minimum absolute atomic E-state index is 0.116. The van der Waals surface area contributed by atoms with Crippen molar-refractivity contribution in [3.63, 3.8) is 0 Å². The Morgan fingerprint density at radius 2 is 1.91 bits per heavy atom. The average molecular weight is 158 g/mol. The van der Waals surface area contributed by atoms with Gasteiger partial charge in [0.1, 0.15) is 6.61 Å². The molecule has 0 amide bonds. The van der Waals surface area contributed by atoms with Crippen molar-refractivity contribution in [1.82, 2.24) is 0 Å². The molecular weight excluding hydrogens is 144 g/mol. The fraction of sp³-hybridized carbons (Fsp3) is 1.00. The first-order valence-corrected chi connectivity index (χ1v) is 4.04. The third-order valence-corrected chi connectivity index (χ3v) is 2.23. The molecule has 0 N–H and O–H groups in total. The summed E-state index contributed by atoms with van der Waals surface area (Å²) in [5, 5.41) is 0.